The van der Waals surface area contributed by atoms with E-state index in [0.717, 1.165) is 24.4 Å². The van der Waals surface area contributed by atoms with Crippen molar-refractivity contribution in [2.75, 3.05) is 13.1 Å². The Morgan fingerprint density at radius 2 is 1.86 bits per heavy atom. The molecule has 1 aromatic rings. The normalized spacial score (nSPS) is 34.1. The van der Waals surface area contributed by atoms with Gasteiger partial charge in [0.25, 0.3) is 0 Å². The molecule has 2 aliphatic rings. The molecule has 1 saturated carbocycles. The Morgan fingerprint density at radius 3 is 2.57 bits per heavy atom. The van der Waals surface area contributed by atoms with Gasteiger partial charge < -0.3 is 10.6 Å². The Labute approximate surface area is 84.7 Å². The maximum absolute atomic E-state index is 3.63. The summed E-state index contributed by atoms with van der Waals surface area (Å²) in [7, 11) is 0. The lowest BCUT2D eigenvalue weighted by Crippen LogP contribution is -2.27. The van der Waals surface area contributed by atoms with Crippen molar-refractivity contribution >= 4 is 0 Å². The lowest BCUT2D eigenvalue weighted by Gasteiger charge is -2.07. The van der Waals surface area contributed by atoms with Crippen LogP contribution in [0.15, 0.2) is 30.3 Å². The first-order valence-electron chi connectivity index (χ1n) is 5.43. The zero-order valence-electron chi connectivity index (χ0n) is 8.24. The highest BCUT2D eigenvalue weighted by molar-refractivity contribution is 5.16. The van der Waals surface area contributed by atoms with Gasteiger partial charge in [-0.1, -0.05) is 30.3 Å². The van der Waals surface area contributed by atoms with Gasteiger partial charge in [0, 0.05) is 12.6 Å². The monoisotopic (exact) mass is 188 g/mol. The number of benzene rings is 1. The van der Waals surface area contributed by atoms with Crippen LogP contribution in [0.5, 0.6) is 0 Å². The molecule has 2 N–H and O–H groups in total. The summed E-state index contributed by atoms with van der Waals surface area (Å²) < 4.78 is 0. The van der Waals surface area contributed by atoms with Gasteiger partial charge in [-0.25, -0.2) is 0 Å². The molecule has 0 spiro atoms. The number of piperidine rings is 1. The van der Waals surface area contributed by atoms with Crippen LogP contribution in [0.25, 0.3) is 0 Å². The maximum atomic E-state index is 3.63. The molecule has 0 radical (unpaired) electrons. The second-order valence-corrected chi connectivity index (χ2v) is 4.38. The molecule has 2 fully saturated rings. The first kappa shape index (κ1) is 8.45. The first-order chi connectivity index (χ1) is 6.95. The van der Waals surface area contributed by atoms with E-state index in [9.17, 15) is 0 Å². The van der Waals surface area contributed by atoms with Crippen LogP contribution in [-0.4, -0.2) is 19.1 Å². The molecule has 0 aromatic heterocycles. The molecule has 74 valence electrons. The van der Waals surface area contributed by atoms with E-state index in [4.69, 9.17) is 0 Å². The van der Waals surface area contributed by atoms with E-state index >= 15 is 0 Å². The third-order valence-electron chi connectivity index (χ3n) is 3.48. The largest absolute Gasteiger partial charge is 0.316 e. The average Bonchev–Trinajstić information content (AvgIpc) is 2.69. The van der Waals surface area contributed by atoms with Crippen molar-refractivity contribution in [3.05, 3.63) is 35.9 Å². The van der Waals surface area contributed by atoms with E-state index in [2.05, 4.69) is 41.0 Å². The molecule has 0 amide bonds. The van der Waals surface area contributed by atoms with Gasteiger partial charge >= 0.3 is 0 Å². The summed E-state index contributed by atoms with van der Waals surface area (Å²) >= 11 is 0. The van der Waals surface area contributed by atoms with Crippen molar-refractivity contribution in [2.24, 2.45) is 11.8 Å². The SMILES string of the molecule is c1ccc(CNC2C3CNCC32)cc1. The van der Waals surface area contributed by atoms with Crippen molar-refractivity contribution in [1.29, 1.82) is 0 Å². The van der Waals surface area contributed by atoms with Crippen LogP contribution in [0, 0.1) is 11.8 Å². The van der Waals surface area contributed by atoms with E-state index in [-0.39, 0.29) is 0 Å². The zero-order valence-corrected chi connectivity index (χ0v) is 8.24. The van der Waals surface area contributed by atoms with Gasteiger partial charge in [0.05, 0.1) is 0 Å². The molecule has 1 aliphatic carbocycles. The molecule has 14 heavy (non-hydrogen) atoms. The topological polar surface area (TPSA) is 24.1 Å². The van der Waals surface area contributed by atoms with Crippen LogP contribution in [0.1, 0.15) is 5.56 Å². The minimum absolute atomic E-state index is 0.788. The lowest BCUT2D eigenvalue weighted by molar-refractivity contribution is 0.566. The van der Waals surface area contributed by atoms with Gasteiger partial charge in [-0.15, -0.1) is 0 Å². The van der Waals surface area contributed by atoms with Gasteiger partial charge in [0.2, 0.25) is 0 Å². The summed E-state index contributed by atoms with van der Waals surface area (Å²) in [6.45, 7) is 3.47. The number of hydrogen-bond acceptors (Lipinski definition) is 2. The van der Waals surface area contributed by atoms with Crippen molar-refractivity contribution < 1.29 is 0 Å². The molecule has 1 aliphatic heterocycles. The van der Waals surface area contributed by atoms with Crippen LogP contribution in [-0.2, 0) is 6.54 Å². The Morgan fingerprint density at radius 1 is 1.14 bits per heavy atom. The third kappa shape index (κ3) is 1.45. The van der Waals surface area contributed by atoms with Crippen molar-refractivity contribution in [3.8, 4) is 0 Å². The minimum atomic E-state index is 0.788. The Balaban J connectivity index is 1.52. The minimum Gasteiger partial charge on any atom is -0.316 e. The smallest absolute Gasteiger partial charge is 0.0208 e. The highest BCUT2D eigenvalue weighted by Gasteiger charge is 2.52. The molecule has 1 saturated heterocycles. The molecule has 0 bridgehead atoms. The molecule has 2 heteroatoms. The van der Waals surface area contributed by atoms with E-state index in [1.165, 1.54) is 18.7 Å². The highest BCUT2D eigenvalue weighted by Crippen LogP contribution is 2.41. The van der Waals surface area contributed by atoms with Crippen LogP contribution < -0.4 is 10.6 Å². The number of rotatable bonds is 3. The standard InChI is InChI=1S/C12H16N2/c1-2-4-9(5-3-1)6-14-12-10-7-13-8-11(10)12/h1-5,10-14H,6-8H2. The molecule has 1 aromatic carbocycles. The van der Waals surface area contributed by atoms with Crippen LogP contribution in [0.2, 0.25) is 0 Å². The predicted octanol–water partition coefficient (Wildman–Crippen LogP) is 0.994. The first-order valence-corrected chi connectivity index (χ1v) is 5.43. The van der Waals surface area contributed by atoms with Gasteiger partial charge in [-0.2, -0.15) is 0 Å². The predicted molar refractivity (Wildman–Crippen MR) is 56.9 cm³/mol. The van der Waals surface area contributed by atoms with E-state index in [1.807, 2.05) is 0 Å². The van der Waals surface area contributed by atoms with Crippen LogP contribution >= 0.6 is 0 Å². The third-order valence-corrected chi connectivity index (χ3v) is 3.48. The van der Waals surface area contributed by atoms with Gasteiger partial charge in [0.15, 0.2) is 0 Å². The van der Waals surface area contributed by atoms with Crippen molar-refractivity contribution in [3.63, 3.8) is 0 Å². The molecule has 2 nitrogen and oxygen atoms in total. The highest BCUT2D eigenvalue weighted by atomic mass is 15.1. The number of hydrogen-bond donors (Lipinski definition) is 2. The average molecular weight is 188 g/mol. The second kappa shape index (κ2) is 3.37. The molecule has 2 atom stereocenters. The fourth-order valence-electron chi connectivity index (χ4n) is 2.55. The Bertz CT molecular complexity index is 299. The number of fused-ring (bicyclic) bond motifs is 1. The fraction of sp³-hybridized carbons (Fsp3) is 0.500. The Kier molecular flexibility index (Phi) is 2.03. The Hall–Kier alpha value is -0.860. The molecular formula is C12H16N2. The number of nitrogens with one attached hydrogen (secondary N) is 2. The molecular weight excluding hydrogens is 172 g/mol. The summed E-state index contributed by atoms with van der Waals surface area (Å²) in [5.41, 5.74) is 1.39. The van der Waals surface area contributed by atoms with E-state index < -0.39 is 0 Å². The van der Waals surface area contributed by atoms with E-state index in [0.29, 0.717) is 0 Å². The van der Waals surface area contributed by atoms with Gasteiger partial charge in [-0.05, 0) is 30.5 Å². The second-order valence-electron chi connectivity index (χ2n) is 4.38. The summed E-state index contributed by atoms with van der Waals surface area (Å²) in [4.78, 5) is 0. The summed E-state index contributed by atoms with van der Waals surface area (Å²) in [5, 5.41) is 7.04. The summed E-state index contributed by atoms with van der Waals surface area (Å²) in [6.07, 6.45) is 0. The lowest BCUT2D eigenvalue weighted by atomic mass is 10.2. The maximum Gasteiger partial charge on any atom is 0.0208 e. The fourth-order valence-corrected chi connectivity index (χ4v) is 2.55. The van der Waals surface area contributed by atoms with E-state index in [1.54, 1.807) is 0 Å². The molecule has 1 heterocycles. The molecule has 2 unspecified atom stereocenters. The van der Waals surface area contributed by atoms with Gasteiger partial charge in [-0.3, -0.25) is 0 Å². The summed E-state index contributed by atoms with van der Waals surface area (Å²) in [6, 6.07) is 11.4. The van der Waals surface area contributed by atoms with Crippen LogP contribution in [0.3, 0.4) is 0 Å². The van der Waals surface area contributed by atoms with Gasteiger partial charge in [0.1, 0.15) is 0 Å². The quantitative estimate of drug-likeness (QED) is 0.739. The van der Waals surface area contributed by atoms with Crippen molar-refractivity contribution in [1.82, 2.24) is 10.6 Å². The zero-order chi connectivity index (χ0) is 9.38. The molecule has 3 rings (SSSR count). The van der Waals surface area contributed by atoms with Crippen LogP contribution in [0.4, 0.5) is 0 Å². The van der Waals surface area contributed by atoms with Crippen molar-refractivity contribution in [2.45, 2.75) is 12.6 Å². The summed E-state index contributed by atoms with van der Waals surface area (Å²) in [5.74, 6) is 1.83.